The van der Waals surface area contributed by atoms with E-state index in [9.17, 15) is 4.79 Å². The fourth-order valence-corrected chi connectivity index (χ4v) is 2.39. The summed E-state index contributed by atoms with van der Waals surface area (Å²) < 4.78 is 0. The molecule has 92 valence electrons. The van der Waals surface area contributed by atoms with Crippen LogP contribution in [0.15, 0.2) is 18.3 Å². The Kier molecular flexibility index (Phi) is 3.61. The number of anilines is 1. The lowest BCUT2D eigenvalue weighted by Crippen LogP contribution is -2.28. The van der Waals surface area contributed by atoms with Crippen molar-refractivity contribution in [1.82, 2.24) is 10.3 Å². The highest BCUT2D eigenvalue weighted by atomic mass is 16.1. The zero-order chi connectivity index (χ0) is 12.3. The summed E-state index contributed by atoms with van der Waals surface area (Å²) in [6.07, 6.45) is 5.24. The normalized spacial score (nSPS) is 23.6. The van der Waals surface area contributed by atoms with Gasteiger partial charge in [-0.1, -0.05) is 13.3 Å². The van der Waals surface area contributed by atoms with E-state index in [1.807, 2.05) is 0 Å². The van der Waals surface area contributed by atoms with Gasteiger partial charge in [0, 0.05) is 12.7 Å². The van der Waals surface area contributed by atoms with Gasteiger partial charge in [0.1, 0.15) is 5.82 Å². The van der Waals surface area contributed by atoms with Crippen LogP contribution in [0.4, 0.5) is 5.82 Å². The number of nitrogen functional groups attached to an aromatic ring is 1. The van der Waals surface area contributed by atoms with Crippen LogP contribution in [0.5, 0.6) is 0 Å². The number of hydrogen-bond acceptors (Lipinski definition) is 3. The minimum absolute atomic E-state index is 0.0583. The molecule has 2 unspecified atom stereocenters. The fourth-order valence-electron chi connectivity index (χ4n) is 2.39. The average Bonchev–Trinajstić information content (AvgIpc) is 2.73. The van der Waals surface area contributed by atoms with Gasteiger partial charge in [0.25, 0.3) is 5.91 Å². The van der Waals surface area contributed by atoms with Gasteiger partial charge in [-0.25, -0.2) is 4.98 Å². The molecule has 1 aromatic heterocycles. The maximum absolute atomic E-state index is 11.8. The minimum atomic E-state index is -0.0583. The lowest BCUT2D eigenvalue weighted by molar-refractivity contribution is 0.0947. The lowest BCUT2D eigenvalue weighted by atomic mass is 10.1. The van der Waals surface area contributed by atoms with Crippen molar-refractivity contribution in [2.45, 2.75) is 26.2 Å². The van der Waals surface area contributed by atoms with Gasteiger partial charge in [-0.3, -0.25) is 4.79 Å². The van der Waals surface area contributed by atoms with Crippen LogP contribution in [-0.4, -0.2) is 17.4 Å². The highest BCUT2D eigenvalue weighted by Crippen LogP contribution is 2.29. The van der Waals surface area contributed by atoms with Crippen molar-refractivity contribution in [3.05, 3.63) is 23.9 Å². The summed E-state index contributed by atoms with van der Waals surface area (Å²) in [5.41, 5.74) is 6.05. The second-order valence-corrected chi connectivity index (χ2v) is 4.97. The molecule has 1 saturated carbocycles. The van der Waals surface area contributed by atoms with Crippen LogP contribution >= 0.6 is 0 Å². The van der Waals surface area contributed by atoms with Crippen LogP contribution in [0.25, 0.3) is 0 Å². The topological polar surface area (TPSA) is 68.0 Å². The van der Waals surface area contributed by atoms with Gasteiger partial charge < -0.3 is 11.1 Å². The standard InChI is InChI=1S/C13H19N3O/c1-9-2-3-10(6-9)7-16-13(17)11-4-5-12(14)15-8-11/h4-5,8-10H,2-3,6-7H2,1H3,(H2,14,15)(H,16,17). The number of aromatic nitrogens is 1. The maximum Gasteiger partial charge on any atom is 0.252 e. The summed E-state index contributed by atoms with van der Waals surface area (Å²) in [6, 6.07) is 3.35. The molecule has 0 radical (unpaired) electrons. The third kappa shape index (κ3) is 3.19. The van der Waals surface area contributed by atoms with Crippen LogP contribution in [0.2, 0.25) is 0 Å². The van der Waals surface area contributed by atoms with Crippen LogP contribution in [0, 0.1) is 11.8 Å². The Bertz CT molecular complexity index is 388. The Morgan fingerprint density at radius 3 is 2.94 bits per heavy atom. The molecule has 4 heteroatoms. The number of nitrogens with two attached hydrogens (primary N) is 1. The van der Waals surface area contributed by atoms with E-state index >= 15 is 0 Å². The molecule has 4 nitrogen and oxygen atoms in total. The molecule has 2 atom stereocenters. The highest BCUT2D eigenvalue weighted by molar-refractivity contribution is 5.93. The molecular weight excluding hydrogens is 214 g/mol. The van der Waals surface area contributed by atoms with E-state index in [1.165, 1.54) is 25.5 Å². The number of amides is 1. The molecule has 1 fully saturated rings. The number of rotatable bonds is 3. The Hall–Kier alpha value is -1.58. The summed E-state index contributed by atoms with van der Waals surface area (Å²) in [6.45, 7) is 3.04. The molecule has 1 aromatic rings. The predicted molar refractivity (Wildman–Crippen MR) is 67.5 cm³/mol. The molecule has 0 aliphatic heterocycles. The van der Waals surface area contributed by atoms with Crippen molar-refractivity contribution in [2.24, 2.45) is 11.8 Å². The summed E-state index contributed by atoms with van der Waals surface area (Å²) in [7, 11) is 0. The summed E-state index contributed by atoms with van der Waals surface area (Å²) in [5, 5.41) is 2.96. The van der Waals surface area contributed by atoms with Crippen molar-refractivity contribution in [3.63, 3.8) is 0 Å². The van der Waals surface area contributed by atoms with Gasteiger partial charge in [0.05, 0.1) is 5.56 Å². The number of nitrogens with one attached hydrogen (secondary N) is 1. The molecule has 1 aliphatic rings. The molecule has 1 heterocycles. The van der Waals surface area contributed by atoms with Crippen molar-refractivity contribution < 1.29 is 4.79 Å². The quantitative estimate of drug-likeness (QED) is 0.837. The van der Waals surface area contributed by atoms with Gasteiger partial charge in [-0.05, 0) is 36.8 Å². The van der Waals surface area contributed by atoms with Crippen molar-refractivity contribution in [3.8, 4) is 0 Å². The third-order valence-electron chi connectivity index (χ3n) is 3.40. The third-order valence-corrected chi connectivity index (χ3v) is 3.40. The zero-order valence-corrected chi connectivity index (χ0v) is 10.1. The van der Waals surface area contributed by atoms with E-state index in [-0.39, 0.29) is 5.91 Å². The molecule has 3 N–H and O–H groups in total. The first-order valence-corrected chi connectivity index (χ1v) is 6.15. The monoisotopic (exact) mass is 233 g/mol. The first-order chi connectivity index (χ1) is 8.15. The van der Waals surface area contributed by atoms with Gasteiger partial charge in [-0.15, -0.1) is 0 Å². The summed E-state index contributed by atoms with van der Waals surface area (Å²) in [4.78, 5) is 15.7. The molecule has 0 bridgehead atoms. The van der Waals surface area contributed by atoms with Crippen LogP contribution in [-0.2, 0) is 0 Å². The highest BCUT2D eigenvalue weighted by Gasteiger charge is 2.21. The molecule has 1 aliphatic carbocycles. The molecule has 17 heavy (non-hydrogen) atoms. The van der Waals surface area contributed by atoms with E-state index < -0.39 is 0 Å². The Balaban J connectivity index is 1.83. The molecule has 0 spiro atoms. The predicted octanol–water partition coefficient (Wildman–Crippen LogP) is 1.83. The second-order valence-electron chi connectivity index (χ2n) is 4.97. The van der Waals surface area contributed by atoms with Gasteiger partial charge >= 0.3 is 0 Å². The van der Waals surface area contributed by atoms with Crippen LogP contribution in [0.3, 0.4) is 0 Å². The first kappa shape index (κ1) is 11.9. The number of carbonyl (C=O) groups excluding carboxylic acids is 1. The maximum atomic E-state index is 11.8. The largest absolute Gasteiger partial charge is 0.384 e. The number of nitrogens with zero attached hydrogens (tertiary/aromatic N) is 1. The first-order valence-electron chi connectivity index (χ1n) is 6.15. The van der Waals surface area contributed by atoms with Gasteiger partial charge in [0.2, 0.25) is 0 Å². The van der Waals surface area contributed by atoms with E-state index in [0.717, 1.165) is 12.5 Å². The number of pyridine rings is 1. The molecule has 1 amide bonds. The Morgan fingerprint density at radius 2 is 2.35 bits per heavy atom. The zero-order valence-electron chi connectivity index (χ0n) is 10.1. The molecule has 0 aromatic carbocycles. The fraction of sp³-hybridized carbons (Fsp3) is 0.538. The van der Waals surface area contributed by atoms with Gasteiger partial charge in [-0.2, -0.15) is 0 Å². The van der Waals surface area contributed by atoms with Crippen molar-refractivity contribution in [2.75, 3.05) is 12.3 Å². The van der Waals surface area contributed by atoms with Gasteiger partial charge in [0.15, 0.2) is 0 Å². The molecule has 2 rings (SSSR count). The van der Waals surface area contributed by atoms with Crippen LogP contribution in [0.1, 0.15) is 36.5 Å². The number of hydrogen-bond donors (Lipinski definition) is 2. The van der Waals surface area contributed by atoms with Crippen molar-refractivity contribution >= 4 is 11.7 Å². The van der Waals surface area contributed by atoms with Crippen molar-refractivity contribution in [1.29, 1.82) is 0 Å². The number of carbonyl (C=O) groups is 1. The SMILES string of the molecule is CC1CCC(CNC(=O)c2ccc(N)nc2)C1. The minimum Gasteiger partial charge on any atom is -0.384 e. The molecular formula is C13H19N3O. The summed E-state index contributed by atoms with van der Waals surface area (Å²) in [5.74, 6) is 1.81. The lowest BCUT2D eigenvalue weighted by Gasteiger charge is -2.11. The van der Waals surface area contributed by atoms with E-state index in [2.05, 4.69) is 17.2 Å². The van der Waals surface area contributed by atoms with E-state index in [4.69, 9.17) is 5.73 Å². The van der Waals surface area contributed by atoms with Crippen LogP contribution < -0.4 is 11.1 Å². The second kappa shape index (κ2) is 5.17. The molecule has 0 saturated heterocycles. The average molecular weight is 233 g/mol. The van der Waals surface area contributed by atoms with E-state index in [0.29, 0.717) is 17.3 Å². The Morgan fingerprint density at radius 1 is 1.53 bits per heavy atom. The summed E-state index contributed by atoms with van der Waals surface area (Å²) >= 11 is 0. The van der Waals surface area contributed by atoms with E-state index in [1.54, 1.807) is 12.1 Å². The Labute approximate surface area is 102 Å². The smallest absolute Gasteiger partial charge is 0.252 e.